The topological polar surface area (TPSA) is 75.2 Å². The molecular weight excluding hydrogens is 228 g/mol. The van der Waals surface area contributed by atoms with Crippen molar-refractivity contribution in [2.24, 2.45) is 0 Å². The van der Waals surface area contributed by atoms with Gasteiger partial charge in [0.25, 0.3) is 5.56 Å². The van der Waals surface area contributed by atoms with Crippen LogP contribution in [0.4, 0.5) is 0 Å². The molecule has 0 aromatic carbocycles. The van der Waals surface area contributed by atoms with E-state index in [0.29, 0.717) is 29.8 Å². The number of rotatable bonds is 6. The van der Waals surface area contributed by atoms with E-state index in [4.69, 9.17) is 4.74 Å². The molecule has 0 radical (unpaired) electrons. The number of aliphatic hydroxyl groups is 1. The zero-order chi connectivity index (χ0) is 12.0. The quantitative estimate of drug-likeness (QED) is 0.565. The van der Waals surface area contributed by atoms with Crippen molar-refractivity contribution in [1.82, 2.24) is 9.97 Å². The van der Waals surface area contributed by atoms with Gasteiger partial charge in [-0.3, -0.25) is 4.79 Å². The van der Waals surface area contributed by atoms with E-state index in [1.165, 1.54) is 17.8 Å². The van der Waals surface area contributed by atoms with E-state index in [-0.39, 0.29) is 5.56 Å². The summed E-state index contributed by atoms with van der Waals surface area (Å²) in [6.45, 7) is 4.52. The molecule has 0 bridgehead atoms. The van der Waals surface area contributed by atoms with Gasteiger partial charge in [-0.25, -0.2) is 4.98 Å². The van der Waals surface area contributed by atoms with Gasteiger partial charge in [-0.1, -0.05) is 11.8 Å². The molecule has 0 aliphatic heterocycles. The van der Waals surface area contributed by atoms with Crippen LogP contribution in [0.1, 0.15) is 12.6 Å². The molecule has 0 aliphatic rings. The maximum Gasteiger partial charge on any atom is 0.251 e. The molecule has 0 aliphatic carbocycles. The number of ether oxygens (including phenoxy) is 1. The molecule has 0 fully saturated rings. The Kier molecular flexibility index (Phi) is 5.51. The lowest BCUT2D eigenvalue weighted by molar-refractivity contribution is 0.0551. The van der Waals surface area contributed by atoms with Gasteiger partial charge in [0, 0.05) is 24.1 Å². The fourth-order valence-electron chi connectivity index (χ4n) is 1.10. The van der Waals surface area contributed by atoms with Gasteiger partial charge in [0.05, 0.1) is 12.7 Å². The third kappa shape index (κ3) is 4.78. The van der Waals surface area contributed by atoms with Gasteiger partial charge in [0.15, 0.2) is 5.16 Å². The van der Waals surface area contributed by atoms with Gasteiger partial charge >= 0.3 is 0 Å². The zero-order valence-corrected chi connectivity index (χ0v) is 10.2. The molecule has 2 N–H and O–H groups in total. The van der Waals surface area contributed by atoms with Crippen molar-refractivity contribution in [2.75, 3.05) is 19.0 Å². The van der Waals surface area contributed by atoms with Crippen LogP contribution in [0.15, 0.2) is 16.0 Å². The molecule has 6 heteroatoms. The Morgan fingerprint density at radius 1 is 1.69 bits per heavy atom. The molecule has 1 aromatic heterocycles. The summed E-state index contributed by atoms with van der Waals surface area (Å²) >= 11 is 1.31. The molecule has 1 atom stereocenters. The zero-order valence-electron chi connectivity index (χ0n) is 9.40. The largest absolute Gasteiger partial charge is 0.390 e. The molecule has 1 aromatic rings. The predicted molar refractivity (Wildman–Crippen MR) is 62.8 cm³/mol. The first-order valence-corrected chi connectivity index (χ1v) is 6.07. The lowest BCUT2D eigenvalue weighted by Gasteiger charge is -2.09. The minimum Gasteiger partial charge on any atom is -0.390 e. The number of nitrogens with zero attached hydrogens (tertiary/aromatic N) is 1. The Balaban J connectivity index is 2.45. The Hall–Kier alpha value is -0.850. The number of nitrogens with one attached hydrogen (secondary N) is 1. The lowest BCUT2D eigenvalue weighted by atomic mass is 10.4. The second-order valence-corrected chi connectivity index (χ2v) is 4.32. The van der Waals surface area contributed by atoms with E-state index in [9.17, 15) is 9.90 Å². The first-order chi connectivity index (χ1) is 7.61. The fraction of sp³-hybridized carbons (Fsp3) is 0.600. The molecule has 90 valence electrons. The third-order valence-corrected chi connectivity index (χ3v) is 2.79. The summed E-state index contributed by atoms with van der Waals surface area (Å²) in [7, 11) is 0. The standard InChI is InChI=1S/C10H16N2O3S/c1-3-15-5-8(13)6-16-10-11-7(2)4-9(14)12-10/h4,8,13H,3,5-6H2,1-2H3,(H,11,12,14). The minimum atomic E-state index is -0.546. The minimum absolute atomic E-state index is 0.172. The molecule has 0 saturated heterocycles. The molecule has 0 spiro atoms. The van der Waals surface area contributed by atoms with E-state index in [0.717, 1.165) is 0 Å². The second kappa shape index (κ2) is 6.67. The summed E-state index contributed by atoms with van der Waals surface area (Å²) in [5, 5.41) is 10.0. The van der Waals surface area contributed by atoms with Crippen molar-refractivity contribution in [2.45, 2.75) is 25.1 Å². The van der Waals surface area contributed by atoms with E-state index in [1.807, 2.05) is 6.92 Å². The smallest absolute Gasteiger partial charge is 0.251 e. The van der Waals surface area contributed by atoms with Crippen LogP contribution in [0.5, 0.6) is 0 Å². The number of H-pyrrole nitrogens is 1. The molecule has 1 heterocycles. The number of aliphatic hydroxyl groups excluding tert-OH is 1. The summed E-state index contributed by atoms with van der Waals surface area (Å²) in [5.41, 5.74) is 0.500. The maximum absolute atomic E-state index is 11.1. The normalized spacial score (nSPS) is 12.7. The molecule has 16 heavy (non-hydrogen) atoms. The average molecular weight is 244 g/mol. The Morgan fingerprint density at radius 2 is 2.44 bits per heavy atom. The van der Waals surface area contributed by atoms with E-state index >= 15 is 0 Å². The van der Waals surface area contributed by atoms with Crippen LogP contribution in [-0.2, 0) is 4.74 Å². The monoisotopic (exact) mass is 244 g/mol. The highest BCUT2D eigenvalue weighted by atomic mass is 32.2. The van der Waals surface area contributed by atoms with Gasteiger partial charge < -0.3 is 14.8 Å². The van der Waals surface area contributed by atoms with Crippen molar-refractivity contribution in [3.8, 4) is 0 Å². The number of thioether (sulfide) groups is 1. The highest BCUT2D eigenvalue weighted by Gasteiger charge is 2.06. The van der Waals surface area contributed by atoms with Gasteiger partial charge in [0.1, 0.15) is 0 Å². The van der Waals surface area contributed by atoms with Crippen LogP contribution >= 0.6 is 11.8 Å². The molecule has 5 nitrogen and oxygen atoms in total. The van der Waals surface area contributed by atoms with Crippen molar-refractivity contribution >= 4 is 11.8 Å². The van der Waals surface area contributed by atoms with Crippen molar-refractivity contribution < 1.29 is 9.84 Å². The van der Waals surface area contributed by atoms with E-state index in [1.54, 1.807) is 6.92 Å². The third-order valence-electron chi connectivity index (χ3n) is 1.77. The van der Waals surface area contributed by atoms with Gasteiger partial charge in [0.2, 0.25) is 0 Å². The van der Waals surface area contributed by atoms with Gasteiger partial charge in [-0.15, -0.1) is 0 Å². The Labute approximate surface area is 98.3 Å². The summed E-state index contributed by atoms with van der Waals surface area (Å²) in [5.74, 6) is 0.451. The van der Waals surface area contributed by atoms with Crippen molar-refractivity contribution in [3.63, 3.8) is 0 Å². The fourth-order valence-corrected chi connectivity index (χ4v) is 1.92. The summed E-state index contributed by atoms with van der Waals surface area (Å²) in [4.78, 5) is 17.9. The molecule has 1 unspecified atom stereocenters. The number of hydrogen-bond acceptors (Lipinski definition) is 5. The van der Waals surface area contributed by atoms with Crippen LogP contribution < -0.4 is 5.56 Å². The predicted octanol–water partition coefficient (Wildman–Crippen LogP) is 0.568. The molecule has 0 amide bonds. The highest BCUT2D eigenvalue weighted by molar-refractivity contribution is 7.99. The van der Waals surface area contributed by atoms with Crippen LogP contribution in [0.2, 0.25) is 0 Å². The molecular formula is C10H16N2O3S. The first-order valence-electron chi connectivity index (χ1n) is 5.08. The highest BCUT2D eigenvalue weighted by Crippen LogP contribution is 2.12. The Morgan fingerprint density at radius 3 is 3.06 bits per heavy atom. The Bertz CT molecular complexity index is 381. The van der Waals surface area contributed by atoms with Gasteiger partial charge in [-0.05, 0) is 13.8 Å². The van der Waals surface area contributed by atoms with Gasteiger partial charge in [-0.2, -0.15) is 0 Å². The van der Waals surface area contributed by atoms with Crippen LogP contribution in [0, 0.1) is 6.92 Å². The number of aromatic nitrogens is 2. The van der Waals surface area contributed by atoms with E-state index < -0.39 is 6.10 Å². The summed E-state index contributed by atoms with van der Waals surface area (Å²) < 4.78 is 5.08. The summed E-state index contributed by atoms with van der Waals surface area (Å²) in [6, 6.07) is 1.43. The van der Waals surface area contributed by atoms with Crippen molar-refractivity contribution in [3.05, 3.63) is 22.1 Å². The second-order valence-electron chi connectivity index (χ2n) is 3.32. The average Bonchev–Trinajstić information content (AvgIpc) is 2.22. The maximum atomic E-state index is 11.1. The lowest BCUT2D eigenvalue weighted by Crippen LogP contribution is -2.18. The number of aromatic amines is 1. The molecule has 1 rings (SSSR count). The van der Waals surface area contributed by atoms with Crippen LogP contribution in [-0.4, -0.2) is 40.1 Å². The van der Waals surface area contributed by atoms with Crippen LogP contribution in [0.25, 0.3) is 0 Å². The first kappa shape index (κ1) is 13.2. The van der Waals surface area contributed by atoms with Crippen LogP contribution in [0.3, 0.4) is 0 Å². The van der Waals surface area contributed by atoms with Crippen molar-refractivity contribution in [1.29, 1.82) is 0 Å². The number of aryl methyl sites for hydroxylation is 1. The number of hydrogen-bond donors (Lipinski definition) is 2. The summed E-state index contributed by atoms with van der Waals surface area (Å²) in [6.07, 6.45) is -0.546. The SMILES string of the molecule is CCOCC(O)CSc1nc(C)cc(=O)[nH]1. The van der Waals surface area contributed by atoms with E-state index in [2.05, 4.69) is 9.97 Å². The molecule has 0 saturated carbocycles.